The molecule has 0 aliphatic heterocycles. The van der Waals surface area contributed by atoms with Crippen LogP contribution in [0.2, 0.25) is 0 Å². The molecule has 0 aliphatic rings. The van der Waals surface area contributed by atoms with E-state index in [1.54, 1.807) is 0 Å². The van der Waals surface area contributed by atoms with Crippen molar-refractivity contribution in [2.24, 2.45) is 5.92 Å². The lowest BCUT2D eigenvalue weighted by Crippen LogP contribution is -2.18. The van der Waals surface area contributed by atoms with E-state index in [0.29, 0.717) is 6.61 Å². The Labute approximate surface area is 154 Å². The number of aliphatic carboxylic acids is 1. The van der Waals surface area contributed by atoms with Crippen LogP contribution < -0.4 is 0 Å². The average molecular weight is 357 g/mol. The summed E-state index contributed by atoms with van der Waals surface area (Å²) in [6.45, 7) is 4.90. The number of hydrogen-bond donors (Lipinski definition) is 1. The molecule has 0 aromatic carbocycles. The summed E-state index contributed by atoms with van der Waals surface area (Å²) in [5, 5.41) is 8.57. The molecule has 0 aliphatic carbocycles. The lowest BCUT2D eigenvalue weighted by Gasteiger charge is -2.15. The van der Waals surface area contributed by atoms with E-state index in [2.05, 4.69) is 13.8 Å². The monoisotopic (exact) mass is 356 g/mol. The van der Waals surface area contributed by atoms with Crippen molar-refractivity contribution in [3.8, 4) is 0 Å². The van der Waals surface area contributed by atoms with Gasteiger partial charge in [-0.15, -0.1) is 0 Å². The molecule has 4 nitrogen and oxygen atoms in total. The summed E-state index contributed by atoms with van der Waals surface area (Å²) in [5.41, 5.74) is 0. The number of rotatable bonds is 18. The molecule has 0 fully saturated rings. The fourth-order valence-corrected chi connectivity index (χ4v) is 3.02. The first-order chi connectivity index (χ1) is 12.1. The van der Waals surface area contributed by atoms with Crippen LogP contribution in [0.5, 0.6) is 0 Å². The minimum Gasteiger partial charge on any atom is -0.481 e. The molecule has 0 rings (SSSR count). The minimum absolute atomic E-state index is 0.00593. The molecule has 1 N–H and O–H groups in total. The molecular weight excluding hydrogens is 316 g/mol. The van der Waals surface area contributed by atoms with E-state index in [9.17, 15) is 9.59 Å². The highest BCUT2D eigenvalue weighted by Gasteiger charge is 2.18. The average Bonchev–Trinajstić information content (AvgIpc) is 2.59. The smallest absolute Gasteiger partial charge is 0.308 e. The maximum absolute atomic E-state index is 12.3. The highest BCUT2D eigenvalue weighted by Crippen LogP contribution is 2.19. The van der Waals surface area contributed by atoms with Crippen molar-refractivity contribution < 1.29 is 19.4 Å². The number of carboxylic acids is 1. The Morgan fingerprint density at radius 3 is 1.96 bits per heavy atom. The maximum Gasteiger partial charge on any atom is 0.308 e. The molecule has 25 heavy (non-hydrogen) atoms. The number of hydrogen-bond acceptors (Lipinski definition) is 3. The summed E-state index contributed by atoms with van der Waals surface area (Å²) in [4.78, 5) is 22.7. The molecule has 1 unspecified atom stereocenters. The molecule has 0 bridgehead atoms. The number of esters is 1. The normalized spacial score (nSPS) is 12.1. The first kappa shape index (κ1) is 23.9. The molecule has 148 valence electrons. The van der Waals surface area contributed by atoms with Gasteiger partial charge in [-0.3, -0.25) is 9.59 Å². The van der Waals surface area contributed by atoms with Gasteiger partial charge in [-0.2, -0.15) is 0 Å². The molecule has 0 aromatic rings. The van der Waals surface area contributed by atoms with E-state index in [1.807, 2.05) is 0 Å². The number of ether oxygens (including phenoxy) is 1. The highest BCUT2D eigenvalue weighted by molar-refractivity contribution is 5.72. The third-order valence-electron chi connectivity index (χ3n) is 4.67. The number of carbonyl (C=O) groups is 2. The predicted octanol–water partition coefficient (Wildman–Crippen LogP) is 6.12. The van der Waals surface area contributed by atoms with Crippen molar-refractivity contribution in [3.63, 3.8) is 0 Å². The van der Waals surface area contributed by atoms with Gasteiger partial charge < -0.3 is 9.84 Å². The number of carboxylic acid groups (broad SMARTS) is 1. The summed E-state index contributed by atoms with van der Waals surface area (Å²) in [6.07, 6.45) is 15.1. The quantitative estimate of drug-likeness (QED) is 0.237. The topological polar surface area (TPSA) is 63.6 Å². The SMILES string of the molecule is CCCCCCC(CCCC)C(=O)OCCCCCCCCC(=O)O. The van der Waals surface area contributed by atoms with Gasteiger partial charge in [-0.05, 0) is 25.7 Å². The maximum atomic E-state index is 12.3. The van der Waals surface area contributed by atoms with Crippen LogP contribution in [0, 0.1) is 5.92 Å². The highest BCUT2D eigenvalue weighted by atomic mass is 16.5. The molecule has 4 heteroatoms. The van der Waals surface area contributed by atoms with Crippen LogP contribution in [-0.2, 0) is 14.3 Å². The Bertz CT molecular complexity index is 328. The zero-order valence-electron chi connectivity index (χ0n) is 16.6. The Balaban J connectivity index is 3.72. The van der Waals surface area contributed by atoms with Gasteiger partial charge in [0.15, 0.2) is 0 Å². The second-order valence-electron chi connectivity index (χ2n) is 7.12. The van der Waals surface area contributed by atoms with Gasteiger partial charge in [0.25, 0.3) is 0 Å². The molecule has 0 heterocycles. The fourth-order valence-electron chi connectivity index (χ4n) is 3.02. The van der Waals surface area contributed by atoms with Crippen molar-refractivity contribution in [2.45, 2.75) is 110 Å². The van der Waals surface area contributed by atoms with E-state index in [0.717, 1.165) is 70.6 Å². The minimum atomic E-state index is -0.709. The van der Waals surface area contributed by atoms with E-state index in [1.165, 1.54) is 19.3 Å². The Morgan fingerprint density at radius 2 is 1.32 bits per heavy atom. The summed E-state index contributed by atoms with van der Waals surface area (Å²) >= 11 is 0. The van der Waals surface area contributed by atoms with Crippen LogP contribution in [0.4, 0.5) is 0 Å². The number of carbonyl (C=O) groups excluding carboxylic acids is 1. The zero-order valence-corrected chi connectivity index (χ0v) is 16.6. The van der Waals surface area contributed by atoms with Crippen molar-refractivity contribution in [1.29, 1.82) is 0 Å². The molecule has 0 aromatic heterocycles. The molecule has 0 amide bonds. The van der Waals surface area contributed by atoms with Gasteiger partial charge in [0.1, 0.15) is 0 Å². The standard InChI is InChI=1S/C21H40O4/c1-3-5-7-12-16-19(15-6-4-2)21(24)25-18-14-11-9-8-10-13-17-20(22)23/h19H,3-18H2,1-2H3,(H,22,23). The Kier molecular flexibility index (Phi) is 17.0. The van der Waals surface area contributed by atoms with Crippen molar-refractivity contribution in [3.05, 3.63) is 0 Å². The Morgan fingerprint density at radius 1 is 0.760 bits per heavy atom. The van der Waals surface area contributed by atoms with Crippen LogP contribution in [-0.4, -0.2) is 23.7 Å². The molecule has 0 saturated carbocycles. The van der Waals surface area contributed by atoms with Crippen molar-refractivity contribution in [2.75, 3.05) is 6.61 Å². The predicted molar refractivity (Wildman–Crippen MR) is 103 cm³/mol. The van der Waals surface area contributed by atoms with Gasteiger partial charge in [-0.25, -0.2) is 0 Å². The Hall–Kier alpha value is -1.06. The first-order valence-electron chi connectivity index (χ1n) is 10.5. The van der Waals surface area contributed by atoms with Crippen LogP contribution in [0.3, 0.4) is 0 Å². The van der Waals surface area contributed by atoms with Gasteiger partial charge >= 0.3 is 11.9 Å². The molecule has 1 atom stereocenters. The molecule has 0 radical (unpaired) electrons. The van der Waals surface area contributed by atoms with Gasteiger partial charge in [-0.1, -0.05) is 78.1 Å². The van der Waals surface area contributed by atoms with Crippen LogP contribution in [0.25, 0.3) is 0 Å². The second-order valence-corrected chi connectivity index (χ2v) is 7.12. The van der Waals surface area contributed by atoms with Gasteiger partial charge in [0, 0.05) is 6.42 Å². The summed E-state index contributed by atoms with van der Waals surface area (Å²) in [7, 11) is 0. The van der Waals surface area contributed by atoms with E-state index in [4.69, 9.17) is 9.84 Å². The molecule has 0 spiro atoms. The van der Waals surface area contributed by atoms with Crippen molar-refractivity contribution in [1.82, 2.24) is 0 Å². The molecular formula is C21H40O4. The number of unbranched alkanes of at least 4 members (excludes halogenated alkanes) is 9. The molecule has 0 saturated heterocycles. The van der Waals surface area contributed by atoms with Crippen LogP contribution in [0.1, 0.15) is 110 Å². The van der Waals surface area contributed by atoms with Gasteiger partial charge in [0.05, 0.1) is 12.5 Å². The van der Waals surface area contributed by atoms with E-state index >= 15 is 0 Å². The fraction of sp³-hybridized carbons (Fsp3) is 0.905. The summed E-state index contributed by atoms with van der Waals surface area (Å²) in [6, 6.07) is 0. The summed E-state index contributed by atoms with van der Waals surface area (Å²) < 4.78 is 5.50. The van der Waals surface area contributed by atoms with Crippen LogP contribution >= 0.6 is 0 Å². The third kappa shape index (κ3) is 16.2. The van der Waals surface area contributed by atoms with E-state index < -0.39 is 5.97 Å². The lowest BCUT2D eigenvalue weighted by atomic mass is 9.95. The largest absolute Gasteiger partial charge is 0.481 e. The van der Waals surface area contributed by atoms with Crippen molar-refractivity contribution >= 4 is 11.9 Å². The third-order valence-corrected chi connectivity index (χ3v) is 4.67. The van der Waals surface area contributed by atoms with E-state index in [-0.39, 0.29) is 18.3 Å². The summed E-state index contributed by atoms with van der Waals surface area (Å²) in [5.74, 6) is -0.613. The lowest BCUT2D eigenvalue weighted by molar-refractivity contribution is -0.149. The van der Waals surface area contributed by atoms with Gasteiger partial charge in [0.2, 0.25) is 0 Å². The zero-order chi connectivity index (χ0) is 18.8. The second kappa shape index (κ2) is 17.8. The van der Waals surface area contributed by atoms with Crippen LogP contribution in [0.15, 0.2) is 0 Å². The first-order valence-corrected chi connectivity index (χ1v) is 10.5.